The number of hydrogen-bond acceptors (Lipinski definition) is 3. The number of imidazole rings is 1. The van der Waals surface area contributed by atoms with Gasteiger partial charge in [0.25, 0.3) is 11.8 Å². The Morgan fingerprint density at radius 3 is 1.54 bits per heavy atom. The summed E-state index contributed by atoms with van der Waals surface area (Å²) in [6.07, 6.45) is 6.35. The van der Waals surface area contributed by atoms with E-state index < -0.39 is 5.54 Å². The van der Waals surface area contributed by atoms with Crippen molar-refractivity contribution in [3.8, 4) is 0 Å². The maximum atomic E-state index is 12.7. The number of carbonyl (C=O) groups excluding carboxylic acids is 2. The Balaban J connectivity index is 1.26. The van der Waals surface area contributed by atoms with Crippen LogP contribution in [0.3, 0.4) is 0 Å². The van der Waals surface area contributed by atoms with Crippen LogP contribution in [0.5, 0.6) is 0 Å². The molecule has 0 radical (unpaired) electrons. The fourth-order valence-electron chi connectivity index (χ4n) is 5.68. The van der Waals surface area contributed by atoms with Gasteiger partial charge in [0, 0.05) is 12.7 Å². The highest BCUT2D eigenvalue weighted by Crippen LogP contribution is 2.40. The molecular formula is C34H29N3O2. The molecule has 39 heavy (non-hydrogen) atoms. The molecule has 0 atom stereocenters. The van der Waals surface area contributed by atoms with Gasteiger partial charge in [-0.25, -0.2) is 4.98 Å². The molecule has 192 valence electrons. The summed E-state index contributed by atoms with van der Waals surface area (Å²) in [5.74, 6) is -0.392. The van der Waals surface area contributed by atoms with Crippen LogP contribution in [0.25, 0.3) is 0 Å². The molecule has 0 bridgehead atoms. The third-order valence-electron chi connectivity index (χ3n) is 7.54. The predicted molar refractivity (Wildman–Crippen MR) is 152 cm³/mol. The molecule has 0 N–H and O–H groups in total. The standard InChI is InChI=1S/C34H29N3O2/c38-32-30-21-10-11-22-31(30)33(39)37(32)23-13-12-20-29-24-36(25-35-29)34(26-14-4-1-5-15-26,27-16-6-2-7-17-27)28-18-8-3-9-19-28/h1-11,14-19,21-22,24-25H,12-13,20,23H2. The average molecular weight is 512 g/mol. The van der Waals surface area contributed by atoms with E-state index in [1.807, 2.05) is 24.5 Å². The van der Waals surface area contributed by atoms with E-state index in [2.05, 4.69) is 83.6 Å². The van der Waals surface area contributed by atoms with Crippen molar-refractivity contribution in [3.63, 3.8) is 0 Å². The molecule has 0 aliphatic carbocycles. The first kappa shape index (κ1) is 24.6. The largest absolute Gasteiger partial charge is 0.319 e. The molecule has 5 aromatic rings. The highest BCUT2D eigenvalue weighted by atomic mass is 16.2. The summed E-state index contributed by atoms with van der Waals surface area (Å²) in [7, 11) is 0. The molecular weight excluding hydrogens is 482 g/mol. The van der Waals surface area contributed by atoms with Gasteiger partial charge >= 0.3 is 0 Å². The number of nitrogens with zero attached hydrogens (tertiary/aromatic N) is 3. The molecule has 0 saturated heterocycles. The van der Waals surface area contributed by atoms with Crippen molar-refractivity contribution in [3.05, 3.63) is 161 Å². The molecule has 5 nitrogen and oxygen atoms in total. The van der Waals surface area contributed by atoms with Gasteiger partial charge in [0.05, 0.1) is 23.1 Å². The molecule has 1 aromatic heterocycles. The summed E-state index contributed by atoms with van der Waals surface area (Å²) >= 11 is 0. The van der Waals surface area contributed by atoms with Gasteiger partial charge in [0.15, 0.2) is 0 Å². The summed E-state index contributed by atoms with van der Waals surface area (Å²) in [6, 6.07) is 38.6. The first-order chi connectivity index (χ1) is 19.2. The smallest absolute Gasteiger partial charge is 0.261 e. The summed E-state index contributed by atoms with van der Waals surface area (Å²) in [4.78, 5) is 31.5. The molecule has 2 heterocycles. The van der Waals surface area contributed by atoms with E-state index in [1.165, 1.54) is 4.90 Å². The van der Waals surface area contributed by atoms with Crippen molar-refractivity contribution in [1.82, 2.24) is 14.5 Å². The Kier molecular flexibility index (Phi) is 6.64. The lowest BCUT2D eigenvalue weighted by Crippen LogP contribution is -2.36. The third-order valence-corrected chi connectivity index (χ3v) is 7.54. The Morgan fingerprint density at radius 2 is 1.05 bits per heavy atom. The summed E-state index contributed by atoms with van der Waals surface area (Å²) in [5.41, 5.74) is 4.84. The van der Waals surface area contributed by atoms with Gasteiger partial charge in [-0.3, -0.25) is 14.5 Å². The minimum Gasteiger partial charge on any atom is -0.319 e. The van der Waals surface area contributed by atoms with E-state index in [4.69, 9.17) is 4.98 Å². The van der Waals surface area contributed by atoms with Crippen molar-refractivity contribution in [2.45, 2.75) is 24.8 Å². The van der Waals surface area contributed by atoms with Gasteiger partial charge in [0.1, 0.15) is 5.54 Å². The highest BCUT2D eigenvalue weighted by Gasteiger charge is 2.38. The minimum atomic E-state index is -0.588. The van der Waals surface area contributed by atoms with Gasteiger partial charge in [-0.15, -0.1) is 0 Å². The van der Waals surface area contributed by atoms with E-state index in [0.29, 0.717) is 17.7 Å². The summed E-state index contributed by atoms with van der Waals surface area (Å²) < 4.78 is 2.21. The molecule has 1 aliphatic rings. The van der Waals surface area contributed by atoms with Crippen LogP contribution in [0.2, 0.25) is 0 Å². The number of unbranched alkanes of at least 4 members (excludes halogenated alkanes) is 1. The van der Waals surface area contributed by atoms with Crippen LogP contribution in [-0.4, -0.2) is 32.8 Å². The quantitative estimate of drug-likeness (QED) is 0.132. The van der Waals surface area contributed by atoms with Crippen LogP contribution >= 0.6 is 0 Å². The number of rotatable bonds is 9. The van der Waals surface area contributed by atoms with Gasteiger partial charge < -0.3 is 4.57 Å². The van der Waals surface area contributed by atoms with Crippen LogP contribution < -0.4 is 0 Å². The van der Waals surface area contributed by atoms with Gasteiger partial charge in [-0.1, -0.05) is 103 Å². The molecule has 0 spiro atoms. The number of hydrogen-bond donors (Lipinski definition) is 0. The fraction of sp³-hybridized carbons (Fsp3) is 0.147. The van der Waals surface area contributed by atoms with Crippen LogP contribution in [0.1, 0.15) is 55.9 Å². The molecule has 0 saturated carbocycles. The first-order valence-corrected chi connectivity index (χ1v) is 13.3. The Labute approximate surface area is 228 Å². The van der Waals surface area contributed by atoms with Crippen molar-refractivity contribution >= 4 is 11.8 Å². The lowest BCUT2D eigenvalue weighted by molar-refractivity contribution is 0.0652. The number of imide groups is 1. The average Bonchev–Trinajstić information content (AvgIpc) is 3.56. The lowest BCUT2D eigenvalue weighted by Gasteiger charge is -2.37. The second-order valence-electron chi connectivity index (χ2n) is 9.85. The van der Waals surface area contributed by atoms with Crippen molar-refractivity contribution in [2.24, 2.45) is 0 Å². The van der Waals surface area contributed by atoms with E-state index in [0.717, 1.165) is 41.6 Å². The highest BCUT2D eigenvalue weighted by molar-refractivity contribution is 6.21. The number of carbonyl (C=O) groups is 2. The second kappa shape index (κ2) is 10.5. The molecule has 5 heteroatoms. The first-order valence-electron chi connectivity index (χ1n) is 13.3. The Morgan fingerprint density at radius 1 is 0.590 bits per heavy atom. The SMILES string of the molecule is O=C1c2ccccc2C(=O)N1CCCCc1cn(C(c2ccccc2)(c2ccccc2)c2ccccc2)cn1. The number of aryl methyl sites for hydroxylation is 1. The molecule has 6 rings (SSSR count). The van der Waals surface area contributed by atoms with E-state index in [9.17, 15) is 9.59 Å². The maximum absolute atomic E-state index is 12.7. The zero-order chi connectivity index (χ0) is 26.7. The predicted octanol–water partition coefficient (Wildman–Crippen LogP) is 6.34. The lowest BCUT2D eigenvalue weighted by atomic mass is 9.77. The number of amides is 2. The number of fused-ring (bicyclic) bond motifs is 1. The second-order valence-corrected chi connectivity index (χ2v) is 9.85. The van der Waals surface area contributed by atoms with Crippen molar-refractivity contribution in [2.75, 3.05) is 6.54 Å². The molecule has 0 fully saturated rings. The number of benzene rings is 4. The minimum absolute atomic E-state index is 0.196. The topological polar surface area (TPSA) is 55.2 Å². The van der Waals surface area contributed by atoms with E-state index in [-0.39, 0.29) is 11.8 Å². The number of aromatic nitrogens is 2. The molecule has 1 aliphatic heterocycles. The Hall–Kier alpha value is -4.77. The van der Waals surface area contributed by atoms with Gasteiger partial charge in [-0.05, 0) is 48.1 Å². The zero-order valence-electron chi connectivity index (χ0n) is 21.6. The van der Waals surface area contributed by atoms with Crippen molar-refractivity contribution in [1.29, 1.82) is 0 Å². The normalized spacial score (nSPS) is 13.1. The van der Waals surface area contributed by atoms with Crippen LogP contribution in [0, 0.1) is 0 Å². The fourth-order valence-corrected chi connectivity index (χ4v) is 5.68. The maximum Gasteiger partial charge on any atom is 0.261 e. The zero-order valence-corrected chi connectivity index (χ0v) is 21.6. The third kappa shape index (κ3) is 4.36. The molecule has 2 amide bonds. The van der Waals surface area contributed by atoms with Gasteiger partial charge in [0.2, 0.25) is 0 Å². The van der Waals surface area contributed by atoms with Crippen LogP contribution in [0.15, 0.2) is 128 Å². The van der Waals surface area contributed by atoms with Crippen LogP contribution in [-0.2, 0) is 12.0 Å². The monoisotopic (exact) mass is 511 g/mol. The summed E-state index contributed by atoms with van der Waals surface area (Å²) in [5, 5.41) is 0. The molecule has 0 unspecified atom stereocenters. The Bertz CT molecular complexity index is 1460. The van der Waals surface area contributed by atoms with Crippen molar-refractivity contribution < 1.29 is 9.59 Å². The summed E-state index contributed by atoms with van der Waals surface area (Å²) in [6.45, 7) is 0.412. The van der Waals surface area contributed by atoms with E-state index >= 15 is 0 Å². The molecule has 4 aromatic carbocycles. The van der Waals surface area contributed by atoms with E-state index in [1.54, 1.807) is 24.3 Å². The van der Waals surface area contributed by atoms with Gasteiger partial charge in [-0.2, -0.15) is 0 Å². The van der Waals surface area contributed by atoms with Crippen LogP contribution in [0.4, 0.5) is 0 Å².